The number of aryl methyl sites for hydroxylation is 1. The number of hydrogen-bond acceptors (Lipinski definition) is 5. The fourth-order valence-corrected chi connectivity index (χ4v) is 2.89. The summed E-state index contributed by atoms with van der Waals surface area (Å²) in [5.74, 6) is -0.528. The summed E-state index contributed by atoms with van der Waals surface area (Å²) in [6.45, 7) is 2.97. The van der Waals surface area contributed by atoms with Crippen molar-refractivity contribution < 1.29 is 31.1 Å². The van der Waals surface area contributed by atoms with Crippen molar-refractivity contribution >= 4 is 5.91 Å². The number of hydrogen-bond donors (Lipinski definition) is 1. The highest BCUT2D eigenvalue weighted by molar-refractivity contribution is 5.94. The number of carbonyl (C=O) groups excluding carboxylic acids is 1. The fourth-order valence-electron chi connectivity index (χ4n) is 2.89. The van der Waals surface area contributed by atoms with E-state index >= 15 is 0 Å². The maximum atomic E-state index is 13.1. The molecule has 2 heterocycles. The Kier molecular flexibility index (Phi) is 6.13. The maximum absolute atomic E-state index is 13.1. The van der Waals surface area contributed by atoms with Gasteiger partial charge in [-0.15, -0.1) is 5.10 Å². The summed E-state index contributed by atoms with van der Waals surface area (Å²) in [4.78, 5) is 20.8. The molecular formula is C20H14F6N6O. The molecule has 33 heavy (non-hydrogen) atoms. The van der Waals surface area contributed by atoms with Crippen molar-refractivity contribution in [2.75, 3.05) is 0 Å². The second kappa shape index (κ2) is 8.53. The lowest BCUT2D eigenvalue weighted by molar-refractivity contribution is -0.143. The number of halogens is 6. The molecule has 0 radical (unpaired) electrons. The van der Waals surface area contributed by atoms with E-state index in [9.17, 15) is 31.1 Å². The Labute approximate surface area is 182 Å². The van der Waals surface area contributed by atoms with Crippen LogP contribution >= 0.6 is 0 Å². The number of nitriles is 1. The van der Waals surface area contributed by atoms with Gasteiger partial charge < -0.3 is 5.32 Å². The van der Waals surface area contributed by atoms with E-state index in [0.717, 1.165) is 0 Å². The Morgan fingerprint density at radius 3 is 2.18 bits per heavy atom. The van der Waals surface area contributed by atoms with E-state index in [1.807, 2.05) is 6.07 Å². The van der Waals surface area contributed by atoms with E-state index in [4.69, 9.17) is 5.26 Å². The van der Waals surface area contributed by atoms with Gasteiger partial charge in [-0.2, -0.15) is 36.3 Å². The third-order valence-corrected chi connectivity index (χ3v) is 4.42. The Balaban J connectivity index is 1.94. The van der Waals surface area contributed by atoms with Gasteiger partial charge in [-0.25, -0.2) is 9.97 Å². The molecule has 1 atom stereocenters. The number of rotatable bonds is 4. The topological polar surface area (TPSA) is 96.5 Å². The van der Waals surface area contributed by atoms with Crippen LogP contribution in [-0.2, 0) is 12.4 Å². The number of aromatic nitrogens is 4. The molecule has 3 rings (SSSR count). The lowest BCUT2D eigenvalue weighted by Gasteiger charge is -2.17. The van der Waals surface area contributed by atoms with Crippen molar-refractivity contribution in [3.05, 3.63) is 70.4 Å². The zero-order valence-corrected chi connectivity index (χ0v) is 17.0. The normalized spacial score (nSPS) is 12.8. The van der Waals surface area contributed by atoms with Gasteiger partial charge in [0.25, 0.3) is 5.91 Å². The van der Waals surface area contributed by atoms with Crippen LogP contribution in [0.15, 0.2) is 36.5 Å². The van der Waals surface area contributed by atoms with Gasteiger partial charge in [-0.05, 0) is 44.2 Å². The lowest BCUT2D eigenvalue weighted by atomic mass is 10.0. The molecule has 3 aromatic rings. The molecule has 1 unspecified atom stereocenters. The average Bonchev–Trinajstić information content (AvgIpc) is 3.14. The van der Waals surface area contributed by atoms with Gasteiger partial charge in [-0.3, -0.25) is 4.79 Å². The second-order valence-corrected chi connectivity index (χ2v) is 6.94. The third-order valence-electron chi connectivity index (χ3n) is 4.42. The van der Waals surface area contributed by atoms with Gasteiger partial charge in [0.05, 0.1) is 22.7 Å². The number of alkyl halides is 6. The van der Waals surface area contributed by atoms with Crippen LogP contribution in [0.5, 0.6) is 0 Å². The first kappa shape index (κ1) is 23.7. The van der Waals surface area contributed by atoms with E-state index in [-0.39, 0.29) is 29.1 Å². The SMILES string of the molecule is Cc1nc(C(C)NC(=O)c2cc(C(F)(F)F)cc(C(F)(F)F)c2)n(-c2ccc(C#N)cn2)n1. The maximum Gasteiger partial charge on any atom is 0.416 e. The Bertz CT molecular complexity index is 1190. The van der Waals surface area contributed by atoms with Crippen LogP contribution < -0.4 is 5.32 Å². The van der Waals surface area contributed by atoms with Crippen LogP contribution in [0, 0.1) is 18.3 Å². The van der Waals surface area contributed by atoms with Crippen LogP contribution in [-0.4, -0.2) is 25.7 Å². The summed E-state index contributed by atoms with van der Waals surface area (Å²) in [7, 11) is 0. The highest BCUT2D eigenvalue weighted by atomic mass is 19.4. The number of pyridine rings is 1. The average molecular weight is 468 g/mol. The Morgan fingerprint density at radius 2 is 1.70 bits per heavy atom. The van der Waals surface area contributed by atoms with Gasteiger partial charge in [0.1, 0.15) is 11.9 Å². The minimum absolute atomic E-state index is 0.0588. The number of carbonyl (C=O) groups is 1. The molecule has 0 spiro atoms. The molecule has 1 N–H and O–H groups in total. The molecule has 0 bridgehead atoms. The molecule has 7 nitrogen and oxygen atoms in total. The summed E-state index contributed by atoms with van der Waals surface area (Å²) >= 11 is 0. The zero-order valence-electron chi connectivity index (χ0n) is 17.0. The molecule has 13 heteroatoms. The van der Waals surface area contributed by atoms with E-state index in [0.29, 0.717) is 12.1 Å². The van der Waals surface area contributed by atoms with E-state index in [2.05, 4.69) is 20.4 Å². The van der Waals surface area contributed by atoms with Crippen molar-refractivity contribution in [1.82, 2.24) is 25.1 Å². The largest absolute Gasteiger partial charge is 0.416 e. The van der Waals surface area contributed by atoms with Crippen LogP contribution in [0.1, 0.15) is 51.7 Å². The minimum Gasteiger partial charge on any atom is -0.342 e. The second-order valence-electron chi connectivity index (χ2n) is 6.94. The molecule has 1 aromatic carbocycles. The first-order valence-electron chi connectivity index (χ1n) is 9.20. The summed E-state index contributed by atoms with van der Waals surface area (Å²) in [6.07, 6.45) is -8.89. The van der Waals surface area contributed by atoms with Crippen molar-refractivity contribution in [2.24, 2.45) is 0 Å². The van der Waals surface area contributed by atoms with Gasteiger partial charge in [-0.1, -0.05) is 0 Å². The zero-order chi connectivity index (χ0) is 24.6. The molecule has 0 aliphatic rings. The van der Waals surface area contributed by atoms with Crippen molar-refractivity contribution in [3.8, 4) is 11.9 Å². The number of nitrogens with one attached hydrogen (secondary N) is 1. The quantitative estimate of drug-likeness (QED) is 0.574. The lowest BCUT2D eigenvalue weighted by Crippen LogP contribution is -2.29. The number of amides is 1. The molecule has 0 aliphatic heterocycles. The van der Waals surface area contributed by atoms with E-state index < -0.39 is 41.0 Å². The van der Waals surface area contributed by atoms with Crippen molar-refractivity contribution in [2.45, 2.75) is 32.2 Å². The summed E-state index contributed by atoms with van der Waals surface area (Å²) in [6, 6.07) is 4.48. The molecule has 1 amide bonds. The summed E-state index contributed by atoms with van der Waals surface area (Å²) in [5.41, 5.74) is -3.74. The highest BCUT2D eigenvalue weighted by Crippen LogP contribution is 2.36. The summed E-state index contributed by atoms with van der Waals surface area (Å²) < 4.78 is 79.7. The smallest absolute Gasteiger partial charge is 0.342 e. The Hall–Kier alpha value is -3.95. The molecule has 172 valence electrons. The van der Waals surface area contributed by atoms with Gasteiger partial charge >= 0.3 is 12.4 Å². The van der Waals surface area contributed by atoms with E-state index in [1.54, 1.807) is 6.92 Å². The van der Waals surface area contributed by atoms with Gasteiger partial charge in [0.2, 0.25) is 0 Å². The number of nitrogens with zero attached hydrogens (tertiary/aromatic N) is 5. The monoisotopic (exact) mass is 468 g/mol. The van der Waals surface area contributed by atoms with Crippen LogP contribution in [0.25, 0.3) is 5.82 Å². The predicted octanol–water partition coefficient (Wildman–Crippen LogP) is 4.37. The van der Waals surface area contributed by atoms with Gasteiger partial charge in [0, 0.05) is 11.8 Å². The highest BCUT2D eigenvalue weighted by Gasteiger charge is 2.37. The molecule has 0 aliphatic carbocycles. The van der Waals surface area contributed by atoms with Crippen molar-refractivity contribution in [1.29, 1.82) is 5.26 Å². The van der Waals surface area contributed by atoms with E-state index in [1.165, 1.54) is 29.9 Å². The standard InChI is InChI=1S/C20H14F6N6O/c1-10(17-30-11(2)31-32(17)16-4-3-12(8-27)9-28-16)29-18(33)13-5-14(19(21,22)23)7-15(6-13)20(24,25)26/h3-7,9-10H,1-2H3,(H,29,33). The molecular weight excluding hydrogens is 454 g/mol. The van der Waals surface area contributed by atoms with Crippen molar-refractivity contribution in [3.63, 3.8) is 0 Å². The molecule has 2 aromatic heterocycles. The van der Waals surface area contributed by atoms with Crippen LogP contribution in [0.3, 0.4) is 0 Å². The number of benzene rings is 1. The third kappa shape index (κ3) is 5.28. The van der Waals surface area contributed by atoms with Crippen LogP contribution in [0.4, 0.5) is 26.3 Å². The van der Waals surface area contributed by atoms with Gasteiger partial charge in [0.15, 0.2) is 11.6 Å². The minimum atomic E-state index is -5.08. The predicted molar refractivity (Wildman–Crippen MR) is 101 cm³/mol. The first-order chi connectivity index (χ1) is 15.3. The first-order valence-corrected chi connectivity index (χ1v) is 9.20. The van der Waals surface area contributed by atoms with Crippen LogP contribution in [0.2, 0.25) is 0 Å². The molecule has 0 saturated carbocycles. The Morgan fingerprint density at radius 1 is 1.09 bits per heavy atom. The summed E-state index contributed by atoms with van der Waals surface area (Å²) in [5, 5.41) is 15.4. The molecule has 0 fully saturated rings. The molecule has 0 saturated heterocycles. The fraction of sp³-hybridized carbons (Fsp3) is 0.250.